The number of likely N-dealkylation sites (tertiary alicyclic amines) is 1. The minimum atomic E-state index is -0.560. The zero-order chi connectivity index (χ0) is 19.4. The van der Waals surface area contributed by atoms with Crippen molar-refractivity contribution in [1.82, 2.24) is 20.4 Å². The Morgan fingerprint density at radius 1 is 1.33 bits per heavy atom. The van der Waals surface area contributed by atoms with Gasteiger partial charge in [0.1, 0.15) is 17.5 Å². The Hall–Kier alpha value is -2.38. The van der Waals surface area contributed by atoms with E-state index in [0.29, 0.717) is 12.2 Å². The standard InChI is InChI=1S/C20H29N5O2/c1-20(2,21)18-12-17(23-24-18)19(26)22-13-14-4-6-15(7-5-14)27-16-8-10-25(3)11-9-16/h4-7,12,16H,8-11,13,21H2,1-3H3,(H,22,26)(H,23,24). The van der Waals surface area contributed by atoms with Crippen molar-refractivity contribution < 1.29 is 9.53 Å². The van der Waals surface area contributed by atoms with Gasteiger partial charge in [0.2, 0.25) is 0 Å². The van der Waals surface area contributed by atoms with Crippen molar-refractivity contribution in [2.45, 2.75) is 44.9 Å². The van der Waals surface area contributed by atoms with Gasteiger partial charge >= 0.3 is 0 Å². The first-order chi connectivity index (χ1) is 12.8. The number of nitrogens with one attached hydrogen (secondary N) is 2. The lowest BCUT2D eigenvalue weighted by atomic mass is 10.0. The highest BCUT2D eigenvalue weighted by atomic mass is 16.5. The van der Waals surface area contributed by atoms with Crippen molar-refractivity contribution in [2.24, 2.45) is 5.73 Å². The van der Waals surface area contributed by atoms with E-state index in [1.165, 1.54) is 0 Å². The predicted molar refractivity (Wildman–Crippen MR) is 105 cm³/mol. The molecular formula is C20H29N5O2. The predicted octanol–water partition coefficient (Wildman–Crippen LogP) is 2.01. The molecule has 0 saturated carbocycles. The molecule has 4 N–H and O–H groups in total. The summed E-state index contributed by atoms with van der Waals surface area (Å²) in [4.78, 5) is 14.6. The third kappa shape index (κ3) is 5.30. The van der Waals surface area contributed by atoms with E-state index in [2.05, 4.69) is 27.5 Å². The molecule has 0 radical (unpaired) electrons. The second-order valence-electron chi connectivity index (χ2n) is 7.84. The molecule has 1 aliphatic heterocycles. The number of rotatable bonds is 6. The fourth-order valence-corrected chi connectivity index (χ4v) is 3.02. The van der Waals surface area contributed by atoms with Crippen LogP contribution in [0, 0.1) is 0 Å². The molecule has 1 aromatic heterocycles. The Balaban J connectivity index is 1.49. The summed E-state index contributed by atoms with van der Waals surface area (Å²) in [6.45, 7) is 6.30. The van der Waals surface area contributed by atoms with Crippen LogP contribution < -0.4 is 15.8 Å². The zero-order valence-electron chi connectivity index (χ0n) is 16.3. The number of aromatic nitrogens is 2. The Morgan fingerprint density at radius 2 is 2.00 bits per heavy atom. The number of carbonyl (C=O) groups is 1. The van der Waals surface area contributed by atoms with E-state index in [1.54, 1.807) is 6.07 Å². The van der Waals surface area contributed by atoms with E-state index in [1.807, 2.05) is 38.1 Å². The van der Waals surface area contributed by atoms with Crippen LogP contribution >= 0.6 is 0 Å². The molecule has 0 spiro atoms. The maximum absolute atomic E-state index is 12.3. The number of amides is 1. The number of nitrogens with two attached hydrogens (primary N) is 1. The number of aromatic amines is 1. The van der Waals surface area contributed by atoms with E-state index in [0.717, 1.165) is 42.9 Å². The van der Waals surface area contributed by atoms with Gasteiger partial charge in [0, 0.05) is 19.6 Å². The quantitative estimate of drug-likeness (QED) is 0.722. The van der Waals surface area contributed by atoms with Crippen LogP contribution in [-0.2, 0) is 12.1 Å². The summed E-state index contributed by atoms with van der Waals surface area (Å²) >= 11 is 0. The Labute approximate surface area is 160 Å². The summed E-state index contributed by atoms with van der Waals surface area (Å²) in [5.74, 6) is 0.648. The average Bonchev–Trinajstić information content (AvgIpc) is 3.13. The normalized spacial score (nSPS) is 16.3. The van der Waals surface area contributed by atoms with Gasteiger partial charge in [-0.2, -0.15) is 5.10 Å². The van der Waals surface area contributed by atoms with Gasteiger partial charge in [0.25, 0.3) is 5.91 Å². The Bertz CT molecular complexity index is 755. The summed E-state index contributed by atoms with van der Waals surface area (Å²) < 4.78 is 6.05. The number of nitrogens with zero attached hydrogens (tertiary/aromatic N) is 2. The van der Waals surface area contributed by atoms with E-state index < -0.39 is 5.54 Å². The topological polar surface area (TPSA) is 96.3 Å². The van der Waals surface area contributed by atoms with Gasteiger partial charge in [-0.25, -0.2) is 0 Å². The van der Waals surface area contributed by atoms with Gasteiger partial charge in [-0.05, 0) is 57.5 Å². The molecule has 1 saturated heterocycles. The molecule has 1 aromatic carbocycles. The molecule has 2 aromatic rings. The van der Waals surface area contributed by atoms with Gasteiger partial charge < -0.3 is 20.7 Å². The highest BCUT2D eigenvalue weighted by Crippen LogP contribution is 2.19. The number of H-pyrrole nitrogens is 1. The minimum Gasteiger partial charge on any atom is -0.490 e. The maximum atomic E-state index is 12.3. The summed E-state index contributed by atoms with van der Waals surface area (Å²) in [5, 5.41) is 9.73. The van der Waals surface area contributed by atoms with E-state index in [9.17, 15) is 4.79 Å². The molecule has 2 heterocycles. The third-order valence-corrected chi connectivity index (χ3v) is 4.85. The van der Waals surface area contributed by atoms with Crippen LogP contribution in [0.15, 0.2) is 30.3 Å². The van der Waals surface area contributed by atoms with Crippen LogP contribution in [0.2, 0.25) is 0 Å². The summed E-state index contributed by atoms with van der Waals surface area (Å²) in [6.07, 6.45) is 2.39. The van der Waals surface area contributed by atoms with Crippen LogP contribution in [0.3, 0.4) is 0 Å². The first-order valence-electron chi connectivity index (χ1n) is 9.38. The van der Waals surface area contributed by atoms with Crippen molar-refractivity contribution in [3.8, 4) is 5.75 Å². The van der Waals surface area contributed by atoms with Crippen LogP contribution in [0.5, 0.6) is 5.75 Å². The second-order valence-corrected chi connectivity index (χ2v) is 7.84. The number of ether oxygens (including phenoxy) is 1. The molecule has 1 fully saturated rings. The fraction of sp³-hybridized carbons (Fsp3) is 0.500. The van der Waals surface area contributed by atoms with Crippen molar-refractivity contribution >= 4 is 5.91 Å². The SMILES string of the molecule is CN1CCC(Oc2ccc(CNC(=O)c3cc(C(C)(C)N)[nH]n3)cc2)CC1. The van der Waals surface area contributed by atoms with E-state index in [-0.39, 0.29) is 12.0 Å². The minimum absolute atomic E-state index is 0.228. The highest BCUT2D eigenvalue weighted by molar-refractivity contribution is 5.92. The van der Waals surface area contributed by atoms with Gasteiger partial charge in [0.15, 0.2) is 0 Å². The molecule has 3 rings (SSSR count). The second kappa shape index (κ2) is 8.10. The fourth-order valence-electron chi connectivity index (χ4n) is 3.02. The van der Waals surface area contributed by atoms with Crippen LogP contribution in [0.1, 0.15) is 48.4 Å². The summed E-state index contributed by atoms with van der Waals surface area (Å²) in [7, 11) is 2.14. The molecule has 0 atom stereocenters. The number of benzene rings is 1. The first-order valence-corrected chi connectivity index (χ1v) is 9.38. The summed E-state index contributed by atoms with van der Waals surface area (Å²) in [6, 6.07) is 9.56. The molecule has 1 amide bonds. The average molecular weight is 371 g/mol. The van der Waals surface area contributed by atoms with Crippen LogP contribution in [-0.4, -0.2) is 47.2 Å². The molecule has 7 nitrogen and oxygen atoms in total. The molecule has 1 aliphatic rings. The number of carbonyl (C=O) groups excluding carboxylic acids is 1. The molecule has 0 bridgehead atoms. The first kappa shape index (κ1) is 19.4. The number of hydrogen-bond donors (Lipinski definition) is 3. The lowest BCUT2D eigenvalue weighted by Crippen LogP contribution is -2.35. The molecule has 7 heteroatoms. The zero-order valence-corrected chi connectivity index (χ0v) is 16.3. The highest BCUT2D eigenvalue weighted by Gasteiger charge is 2.20. The molecule has 146 valence electrons. The van der Waals surface area contributed by atoms with E-state index >= 15 is 0 Å². The Morgan fingerprint density at radius 3 is 2.59 bits per heavy atom. The van der Waals surface area contributed by atoms with Gasteiger partial charge in [-0.3, -0.25) is 9.89 Å². The molecule has 27 heavy (non-hydrogen) atoms. The molecular weight excluding hydrogens is 342 g/mol. The van der Waals surface area contributed by atoms with Gasteiger partial charge in [0.05, 0.1) is 11.2 Å². The van der Waals surface area contributed by atoms with Gasteiger partial charge in [-0.15, -0.1) is 0 Å². The molecule has 0 aliphatic carbocycles. The number of hydrogen-bond acceptors (Lipinski definition) is 5. The smallest absolute Gasteiger partial charge is 0.272 e. The summed E-state index contributed by atoms with van der Waals surface area (Å²) in [5.41, 5.74) is 7.52. The molecule has 0 unspecified atom stereocenters. The van der Waals surface area contributed by atoms with Crippen LogP contribution in [0.25, 0.3) is 0 Å². The third-order valence-electron chi connectivity index (χ3n) is 4.85. The van der Waals surface area contributed by atoms with Crippen molar-refractivity contribution in [3.05, 3.63) is 47.3 Å². The lowest BCUT2D eigenvalue weighted by Gasteiger charge is -2.29. The van der Waals surface area contributed by atoms with E-state index in [4.69, 9.17) is 10.5 Å². The van der Waals surface area contributed by atoms with Crippen molar-refractivity contribution in [1.29, 1.82) is 0 Å². The maximum Gasteiger partial charge on any atom is 0.272 e. The van der Waals surface area contributed by atoms with Gasteiger partial charge in [-0.1, -0.05) is 12.1 Å². The number of piperidine rings is 1. The van der Waals surface area contributed by atoms with Crippen molar-refractivity contribution in [2.75, 3.05) is 20.1 Å². The van der Waals surface area contributed by atoms with Crippen LogP contribution in [0.4, 0.5) is 0 Å². The largest absolute Gasteiger partial charge is 0.490 e. The lowest BCUT2D eigenvalue weighted by molar-refractivity contribution is 0.0946. The monoisotopic (exact) mass is 371 g/mol. The Kier molecular flexibility index (Phi) is 5.82. The van der Waals surface area contributed by atoms with Crippen molar-refractivity contribution in [3.63, 3.8) is 0 Å².